The van der Waals surface area contributed by atoms with Crippen molar-refractivity contribution in [2.45, 2.75) is 31.4 Å². The average Bonchev–Trinajstić information content (AvgIpc) is 2.95. The van der Waals surface area contributed by atoms with Crippen LogP contribution in [0.15, 0.2) is 30.3 Å². The highest BCUT2D eigenvalue weighted by atomic mass is 16.3. The molecule has 2 amide bonds. The van der Waals surface area contributed by atoms with Gasteiger partial charge in [0.25, 0.3) is 0 Å². The number of nitrogens with zero attached hydrogens (tertiary/aromatic N) is 2. The maximum absolute atomic E-state index is 11.7. The van der Waals surface area contributed by atoms with Crippen molar-refractivity contribution in [1.82, 2.24) is 15.1 Å². The van der Waals surface area contributed by atoms with Gasteiger partial charge in [-0.25, -0.2) is 4.79 Å². The van der Waals surface area contributed by atoms with E-state index in [0.29, 0.717) is 12.6 Å². The second kappa shape index (κ2) is 6.26. The molecule has 120 valence electrons. The maximum Gasteiger partial charge on any atom is 0.317 e. The Kier molecular flexibility index (Phi) is 4.36. The van der Waals surface area contributed by atoms with Crippen molar-refractivity contribution in [3.63, 3.8) is 0 Å². The summed E-state index contributed by atoms with van der Waals surface area (Å²) in [4.78, 5) is 16.0. The summed E-state index contributed by atoms with van der Waals surface area (Å²) in [5.74, 6) is 0. The van der Waals surface area contributed by atoms with Crippen molar-refractivity contribution < 1.29 is 9.90 Å². The third-order valence-corrected chi connectivity index (χ3v) is 4.81. The predicted molar refractivity (Wildman–Crippen MR) is 85.6 cm³/mol. The highest BCUT2D eigenvalue weighted by molar-refractivity contribution is 5.76. The van der Waals surface area contributed by atoms with Crippen LogP contribution in [0.1, 0.15) is 25.3 Å². The first kappa shape index (κ1) is 15.3. The van der Waals surface area contributed by atoms with Crippen molar-refractivity contribution in [3.8, 4) is 0 Å². The topological polar surface area (TPSA) is 55.8 Å². The first-order valence-electron chi connectivity index (χ1n) is 8.11. The minimum absolute atomic E-state index is 0.0785. The third kappa shape index (κ3) is 3.25. The van der Waals surface area contributed by atoms with Crippen LogP contribution in [0.5, 0.6) is 0 Å². The number of hydrogen-bond donors (Lipinski definition) is 2. The van der Waals surface area contributed by atoms with Gasteiger partial charge in [-0.15, -0.1) is 0 Å². The number of β-amino-alcohol motifs (C(OH)–C–C–N with tert-alkyl or cyclic N) is 1. The molecule has 0 spiro atoms. The van der Waals surface area contributed by atoms with E-state index < -0.39 is 5.60 Å². The smallest absolute Gasteiger partial charge is 0.317 e. The van der Waals surface area contributed by atoms with Crippen LogP contribution in [0.2, 0.25) is 0 Å². The summed E-state index contributed by atoms with van der Waals surface area (Å²) >= 11 is 0. The molecule has 22 heavy (non-hydrogen) atoms. The van der Waals surface area contributed by atoms with Gasteiger partial charge in [-0.05, 0) is 25.3 Å². The Morgan fingerprint density at radius 1 is 1.23 bits per heavy atom. The van der Waals surface area contributed by atoms with Crippen molar-refractivity contribution in [3.05, 3.63) is 35.9 Å². The number of nitrogens with one attached hydrogen (secondary N) is 1. The van der Waals surface area contributed by atoms with E-state index in [1.165, 1.54) is 0 Å². The van der Waals surface area contributed by atoms with Crippen molar-refractivity contribution in [2.75, 3.05) is 32.7 Å². The fourth-order valence-corrected chi connectivity index (χ4v) is 3.55. The van der Waals surface area contributed by atoms with Gasteiger partial charge in [-0.1, -0.05) is 30.3 Å². The van der Waals surface area contributed by atoms with Crippen molar-refractivity contribution >= 4 is 6.03 Å². The molecule has 2 heterocycles. The molecule has 2 aliphatic heterocycles. The van der Waals surface area contributed by atoms with Gasteiger partial charge in [0.1, 0.15) is 0 Å². The Balaban J connectivity index is 1.54. The molecule has 1 unspecified atom stereocenters. The van der Waals surface area contributed by atoms with Crippen LogP contribution >= 0.6 is 0 Å². The molecule has 1 aromatic rings. The minimum atomic E-state index is -0.834. The summed E-state index contributed by atoms with van der Waals surface area (Å²) in [5.41, 5.74) is 0.120. The number of carbonyl (C=O) groups is 1. The summed E-state index contributed by atoms with van der Waals surface area (Å²) in [6.07, 6.45) is 1.97. The molecule has 2 aliphatic rings. The fourth-order valence-electron chi connectivity index (χ4n) is 3.55. The molecule has 3 rings (SSSR count). The zero-order valence-electron chi connectivity index (χ0n) is 13.2. The number of rotatable bonds is 4. The molecule has 0 saturated carbocycles. The molecule has 5 nitrogen and oxygen atoms in total. The van der Waals surface area contributed by atoms with E-state index in [4.69, 9.17) is 0 Å². The summed E-state index contributed by atoms with van der Waals surface area (Å²) in [6, 6.07) is 10.3. The van der Waals surface area contributed by atoms with Gasteiger partial charge in [0.2, 0.25) is 0 Å². The number of carbonyl (C=O) groups excluding carboxylic acids is 1. The number of aliphatic hydroxyl groups is 1. The van der Waals surface area contributed by atoms with Crippen LogP contribution in [-0.4, -0.2) is 59.7 Å². The Bertz CT molecular complexity index is 510. The highest BCUT2D eigenvalue weighted by Gasteiger charge is 2.33. The van der Waals surface area contributed by atoms with Crippen LogP contribution < -0.4 is 5.32 Å². The second-order valence-corrected chi connectivity index (χ2v) is 6.57. The molecule has 2 N–H and O–H groups in total. The van der Waals surface area contributed by atoms with Gasteiger partial charge in [0.15, 0.2) is 0 Å². The number of amides is 2. The normalized spacial score (nSPS) is 23.4. The molecule has 0 aliphatic carbocycles. The molecule has 0 radical (unpaired) electrons. The van der Waals surface area contributed by atoms with Gasteiger partial charge in [-0.3, -0.25) is 4.90 Å². The van der Waals surface area contributed by atoms with E-state index >= 15 is 0 Å². The van der Waals surface area contributed by atoms with Gasteiger partial charge in [0, 0.05) is 38.8 Å². The van der Waals surface area contributed by atoms with Gasteiger partial charge < -0.3 is 15.3 Å². The van der Waals surface area contributed by atoms with Crippen LogP contribution in [0, 0.1) is 0 Å². The first-order chi connectivity index (χ1) is 10.6. The number of likely N-dealkylation sites (tertiary alicyclic amines) is 1. The number of benzene rings is 1. The predicted octanol–water partition coefficient (Wildman–Crippen LogP) is 1.38. The lowest BCUT2D eigenvalue weighted by Crippen LogP contribution is -2.49. The lowest BCUT2D eigenvalue weighted by Gasteiger charge is -2.39. The summed E-state index contributed by atoms with van der Waals surface area (Å²) in [6.45, 7) is 5.96. The summed E-state index contributed by atoms with van der Waals surface area (Å²) in [5, 5.41) is 13.6. The Hall–Kier alpha value is -1.59. The largest absolute Gasteiger partial charge is 0.384 e. The maximum atomic E-state index is 11.7. The molecule has 0 bridgehead atoms. The molecular weight excluding hydrogens is 278 g/mol. The van der Waals surface area contributed by atoms with E-state index in [9.17, 15) is 9.90 Å². The highest BCUT2D eigenvalue weighted by Crippen LogP contribution is 2.25. The molecule has 2 fully saturated rings. The molecule has 0 aromatic heterocycles. The van der Waals surface area contributed by atoms with Gasteiger partial charge in [0.05, 0.1) is 5.60 Å². The van der Waals surface area contributed by atoms with E-state index in [1.54, 1.807) is 0 Å². The monoisotopic (exact) mass is 303 g/mol. The van der Waals surface area contributed by atoms with Crippen LogP contribution in [-0.2, 0) is 5.60 Å². The fraction of sp³-hybridized carbons (Fsp3) is 0.588. The van der Waals surface area contributed by atoms with Crippen molar-refractivity contribution in [2.24, 2.45) is 0 Å². The average molecular weight is 303 g/mol. The molecule has 5 heteroatoms. The molecule has 1 aromatic carbocycles. The Labute approximate surface area is 131 Å². The molecule has 2 saturated heterocycles. The van der Waals surface area contributed by atoms with Crippen molar-refractivity contribution in [1.29, 1.82) is 0 Å². The van der Waals surface area contributed by atoms with E-state index in [2.05, 4.69) is 10.2 Å². The van der Waals surface area contributed by atoms with Gasteiger partial charge in [-0.2, -0.15) is 0 Å². The second-order valence-electron chi connectivity index (χ2n) is 6.57. The van der Waals surface area contributed by atoms with E-state index in [1.807, 2.05) is 42.2 Å². The first-order valence-corrected chi connectivity index (χ1v) is 8.11. The van der Waals surface area contributed by atoms with Crippen LogP contribution in [0.4, 0.5) is 4.79 Å². The van der Waals surface area contributed by atoms with Crippen LogP contribution in [0.3, 0.4) is 0 Å². The zero-order valence-corrected chi connectivity index (χ0v) is 13.2. The van der Waals surface area contributed by atoms with Crippen LogP contribution in [0.25, 0.3) is 0 Å². The van der Waals surface area contributed by atoms with E-state index in [0.717, 1.165) is 44.6 Å². The lowest BCUT2D eigenvalue weighted by molar-refractivity contribution is 0.00383. The lowest BCUT2D eigenvalue weighted by atomic mass is 9.94. The third-order valence-electron chi connectivity index (χ3n) is 4.81. The van der Waals surface area contributed by atoms with Gasteiger partial charge >= 0.3 is 6.03 Å². The Morgan fingerprint density at radius 2 is 1.91 bits per heavy atom. The summed E-state index contributed by atoms with van der Waals surface area (Å²) in [7, 11) is 0. The number of piperidine rings is 1. The van der Waals surface area contributed by atoms with E-state index in [-0.39, 0.29) is 6.03 Å². The SMILES string of the molecule is CC(O)(CN1CCC(N2CCNC2=O)CC1)c1ccccc1. The quantitative estimate of drug-likeness (QED) is 0.883. The minimum Gasteiger partial charge on any atom is -0.384 e. The Morgan fingerprint density at radius 3 is 2.50 bits per heavy atom. The standard InChI is InChI=1S/C17H25N3O2/c1-17(22,14-5-3-2-4-6-14)13-19-10-7-15(8-11-19)20-12-9-18-16(20)21/h2-6,15,22H,7-13H2,1H3,(H,18,21). The zero-order chi connectivity index (χ0) is 15.6. The summed E-state index contributed by atoms with van der Waals surface area (Å²) < 4.78 is 0. The molecule has 1 atom stereocenters. The number of urea groups is 1. The molecular formula is C17H25N3O2. The number of hydrogen-bond acceptors (Lipinski definition) is 3.